The molecule has 21 heavy (non-hydrogen) atoms. The Morgan fingerprint density at radius 3 is 2.71 bits per heavy atom. The third kappa shape index (κ3) is 3.08. The molecule has 1 unspecified atom stereocenters. The van der Waals surface area contributed by atoms with Crippen molar-refractivity contribution in [3.63, 3.8) is 0 Å². The zero-order chi connectivity index (χ0) is 15.2. The first-order chi connectivity index (χ1) is 9.85. The van der Waals surface area contributed by atoms with Crippen molar-refractivity contribution in [2.45, 2.75) is 31.2 Å². The minimum absolute atomic E-state index is 0.143. The van der Waals surface area contributed by atoms with E-state index >= 15 is 0 Å². The third-order valence-corrected chi connectivity index (χ3v) is 4.94. The number of fused-ring (bicyclic) bond motifs is 1. The van der Waals surface area contributed by atoms with E-state index in [0.29, 0.717) is 5.02 Å². The fourth-order valence-corrected chi connectivity index (χ4v) is 3.65. The minimum atomic E-state index is -0.274. The van der Waals surface area contributed by atoms with Gasteiger partial charge < -0.3 is 4.74 Å². The molecule has 0 spiro atoms. The Morgan fingerprint density at radius 1 is 1.19 bits per heavy atom. The molecule has 2 aromatic rings. The molecular formula is C17H15BrCl2O. The predicted molar refractivity (Wildman–Crippen MR) is 91.7 cm³/mol. The molecule has 1 aliphatic heterocycles. The summed E-state index contributed by atoms with van der Waals surface area (Å²) in [5.74, 6) is 0.952. The maximum absolute atomic E-state index is 6.64. The predicted octanol–water partition coefficient (Wildman–Crippen LogP) is 6.14. The van der Waals surface area contributed by atoms with E-state index in [1.807, 2.05) is 30.3 Å². The first-order valence-electron chi connectivity index (χ1n) is 6.76. The van der Waals surface area contributed by atoms with E-state index in [0.717, 1.165) is 27.8 Å². The molecule has 0 fully saturated rings. The molecule has 0 saturated carbocycles. The van der Waals surface area contributed by atoms with Gasteiger partial charge in [0.1, 0.15) is 11.4 Å². The molecule has 1 heterocycles. The van der Waals surface area contributed by atoms with Gasteiger partial charge in [-0.25, -0.2) is 0 Å². The van der Waals surface area contributed by atoms with Gasteiger partial charge in [-0.1, -0.05) is 39.7 Å². The SMILES string of the molecule is CC1(C)Cc2cc(C(Cl)c3cc(Br)ccc3Cl)ccc2O1. The van der Waals surface area contributed by atoms with Crippen LogP contribution in [0.25, 0.3) is 0 Å². The van der Waals surface area contributed by atoms with E-state index in [1.54, 1.807) is 0 Å². The molecule has 0 bridgehead atoms. The van der Waals surface area contributed by atoms with Crippen molar-refractivity contribution in [1.82, 2.24) is 0 Å². The Balaban J connectivity index is 1.97. The Bertz CT molecular complexity index is 697. The summed E-state index contributed by atoms with van der Waals surface area (Å²) in [6, 6.07) is 11.9. The second-order valence-corrected chi connectivity index (χ2v) is 7.69. The smallest absolute Gasteiger partial charge is 0.123 e. The van der Waals surface area contributed by atoms with Gasteiger partial charge in [0, 0.05) is 15.9 Å². The maximum Gasteiger partial charge on any atom is 0.123 e. The number of hydrogen-bond acceptors (Lipinski definition) is 1. The van der Waals surface area contributed by atoms with Gasteiger partial charge in [0.15, 0.2) is 0 Å². The second kappa shape index (κ2) is 5.49. The number of alkyl halides is 1. The van der Waals surface area contributed by atoms with E-state index in [4.69, 9.17) is 27.9 Å². The first kappa shape index (κ1) is 15.2. The summed E-state index contributed by atoms with van der Waals surface area (Å²) >= 11 is 16.4. The standard InChI is InChI=1S/C17H15BrCl2O/c1-17(2)9-11-7-10(3-6-15(11)21-17)16(20)13-8-12(18)4-5-14(13)19/h3-8,16H,9H2,1-2H3. The fourth-order valence-electron chi connectivity index (χ4n) is 2.68. The molecule has 0 N–H and O–H groups in total. The van der Waals surface area contributed by atoms with Gasteiger partial charge in [0.05, 0.1) is 5.38 Å². The van der Waals surface area contributed by atoms with Crippen molar-refractivity contribution in [3.8, 4) is 5.75 Å². The quantitative estimate of drug-likeness (QED) is 0.563. The summed E-state index contributed by atoms with van der Waals surface area (Å²) < 4.78 is 6.87. The average molecular weight is 386 g/mol. The minimum Gasteiger partial charge on any atom is -0.487 e. The average Bonchev–Trinajstić information content (AvgIpc) is 2.73. The van der Waals surface area contributed by atoms with Crippen LogP contribution in [0.3, 0.4) is 0 Å². The molecule has 2 aromatic carbocycles. The van der Waals surface area contributed by atoms with Crippen molar-refractivity contribution in [2.75, 3.05) is 0 Å². The summed E-state index contributed by atoms with van der Waals surface area (Å²) in [6.45, 7) is 4.19. The largest absolute Gasteiger partial charge is 0.487 e. The number of benzene rings is 2. The highest BCUT2D eigenvalue weighted by atomic mass is 79.9. The highest BCUT2D eigenvalue weighted by Gasteiger charge is 2.30. The summed E-state index contributed by atoms with van der Waals surface area (Å²) in [4.78, 5) is 0. The van der Waals surface area contributed by atoms with Crippen molar-refractivity contribution >= 4 is 39.1 Å². The Kier molecular flexibility index (Phi) is 3.98. The van der Waals surface area contributed by atoms with Gasteiger partial charge in [-0.05, 0) is 54.8 Å². The van der Waals surface area contributed by atoms with Crippen LogP contribution in [0.4, 0.5) is 0 Å². The van der Waals surface area contributed by atoms with E-state index in [-0.39, 0.29) is 11.0 Å². The number of ether oxygens (including phenoxy) is 1. The number of halogens is 3. The maximum atomic E-state index is 6.64. The molecule has 0 aromatic heterocycles. The van der Waals surface area contributed by atoms with Crippen molar-refractivity contribution in [1.29, 1.82) is 0 Å². The lowest BCUT2D eigenvalue weighted by Gasteiger charge is -2.16. The Morgan fingerprint density at radius 2 is 1.95 bits per heavy atom. The van der Waals surface area contributed by atoms with E-state index in [1.165, 1.54) is 5.56 Å². The topological polar surface area (TPSA) is 9.23 Å². The molecule has 3 rings (SSSR count). The number of hydrogen-bond donors (Lipinski definition) is 0. The first-order valence-corrected chi connectivity index (χ1v) is 8.37. The Labute approximate surface area is 143 Å². The molecule has 0 amide bonds. The van der Waals surface area contributed by atoms with Crippen LogP contribution >= 0.6 is 39.1 Å². The molecule has 1 aliphatic rings. The van der Waals surface area contributed by atoms with Crippen LogP contribution in [0.1, 0.15) is 35.9 Å². The lowest BCUT2D eigenvalue weighted by molar-refractivity contribution is 0.138. The van der Waals surface area contributed by atoms with Gasteiger partial charge >= 0.3 is 0 Å². The summed E-state index contributed by atoms with van der Waals surface area (Å²) in [6.07, 6.45) is 0.895. The monoisotopic (exact) mass is 384 g/mol. The van der Waals surface area contributed by atoms with Gasteiger partial charge in [-0.3, -0.25) is 0 Å². The lowest BCUT2D eigenvalue weighted by Crippen LogP contribution is -2.24. The molecule has 0 aliphatic carbocycles. The van der Waals surface area contributed by atoms with Gasteiger partial charge in [0.25, 0.3) is 0 Å². The molecule has 4 heteroatoms. The van der Waals surface area contributed by atoms with Crippen LogP contribution in [0, 0.1) is 0 Å². The second-order valence-electron chi connectivity index (χ2n) is 5.93. The molecule has 1 nitrogen and oxygen atoms in total. The van der Waals surface area contributed by atoms with Gasteiger partial charge in [0.2, 0.25) is 0 Å². The van der Waals surface area contributed by atoms with Crippen LogP contribution in [0.15, 0.2) is 40.9 Å². The summed E-state index contributed by atoms with van der Waals surface area (Å²) in [5.41, 5.74) is 3.01. The van der Waals surface area contributed by atoms with Crippen LogP contribution in [-0.2, 0) is 6.42 Å². The zero-order valence-corrected chi connectivity index (χ0v) is 14.9. The van der Waals surface area contributed by atoms with Crippen LogP contribution in [0.5, 0.6) is 5.75 Å². The zero-order valence-electron chi connectivity index (χ0n) is 11.8. The van der Waals surface area contributed by atoms with Crippen molar-refractivity contribution in [3.05, 3.63) is 62.6 Å². The van der Waals surface area contributed by atoms with Crippen molar-refractivity contribution in [2.24, 2.45) is 0 Å². The molecule has 110 valence electrons. The van der Waals surface area contributed by atoms with Gasteiger partial charge in [-0.15, -0.1) is 11.6 Å². The molecular weight excluding hydrogens is 371 g/mol. The van der Waals surface area contributed by atoms with Crippen molar-refractivity contribution < 1.29 is 4.74 Å². The molecule has 0 saturated heterocycles. The van der Waals surface area contributed by atoms with Crippen LogP contribution < -0.4 is 4.74 Å². The van der Waals surface area contributed by atoms with Gasteiger partial charge in [-0.2, -0.15) is 0 Å². The van der Waals surface area contributed by atoms with E-state index < -0.39 is 0 Å². The summed E-state index contributed by atoms with van der Waals surface area (Å²) in [5, 5.41) is 0.402. The highest BCUT2D eigenvalue weighted by molar-refractivity contribution is 9.10. The fraction of sp³-hybridized carbons (Fsp3) is 0.294. The highest BCUT2D eigenvalue weighted by Crippen LogP contribution is 2.40. The van der Waals surface area contributed by atoms with E-state index in [2.05, 4.69) is 35.8 Å². The van der Waals surface area contributed by atoms with E-state index in [9.17, 15) is 0 Å². The lowest BCUT2D eigenvalue weighted by atomic mass is 9.97. The molecule has 0 radical (unpaired) electrons. The van der Waals surface area contributed by atoms with Crippen LogP contribution in [0.2, 0.25) is 5.02 Å². The normalized spacial score (nSPS) is 17.2. The van der Waals surface area contributed by atoms with Crippen LogP contribution in [-0.4, -0.2) is 5.60 Å². The summed E-state index contributed by atoms with van der Waals surface area (Å²) in [7, 11) is 0. The number of rotatable bonds is 2. The molecule has 1 atom stereocenters. The Hall–Kier alpha value is -0.700. The third-order valence-electron chi connectivity index (χ3n) is 3.61.